The molecule has 2 aromatic rings. The van der Waals surface area contributed by atoms with E-state index < -0.39 is 18.1 Å². The summed E-state index contributed by atoms with van der Waals surface area (Å²) in [7, 11) is 1.53. The second kappa shape index (κ2) is 11.2. The topological polar surface area (TPSA) is 87.7 Å². The third-order valence-electron chi connectivity index (χ3n) is 4.82. The van der Waals surface area contributed by atoms with Crippen LogP contribution in [0.2, 0.25) is 5.02 Å². The third-order valence-corrected chi connectivity index (χ3v) is 5.11. The van der Waals surface area contributed by atoms with Gasteiger partial charge in [0.15, 0.2) is 0 Å². The quantitative estimate of drug-likeness (QED) is 0.545. The highest BCUT2D eigenvalue weighted by Crippen LogP contribution is 2.26. The Morgan fingerprint density at radius 3 is 2.23 bits per heavy atom. The van der Waals surface area contributed by atoms with Crippen LogP contribution in [0.25, 0.3) is 0 Å². The molecule has 0 aliphatic rings. The van der Waals surface area contributed by atoms with Crippen molar-refractivity contribution in [2.45, 2.75) is 52.4 Å². The minimum atomic E-state index is -0.760. The molecule has 31 heavy (non-hydrogen) atoms. The number of hydrogen-bond donors (Lipinski definition) is 3. The first-order valence-electron chi connectivity index (χ1n) is 10.4. The van der Waals surface area contributed by atoms with Gasteiger partial charge in [0.25, 0.3) is 5.91 Å². The van der Waals surface area contributed by atoms with Crippen molar-refractivity contribution in [3.63, 3.8) is 0 Å². The number of carbonyl (C=O) groups is 2. The third kappa shape index (κ3) is 6.97. The number of benzene rings is 2. The van der Waals surface area contributed by atoms with Crippen molar-refractivity contribution in [2.24, 2.45) is 5.92 Å². The molecule has 0 aromatic heterocycles. The maximum atomic E-state index is 12.7. The highest BCUT2D eigenvalue weighted by Gasteiger charge is 2.22. The van der Waals surface area contributed by atoms with Gasteiger partial charge in [-0.15, -0.1) is 0 Å². The lowest BCUT2D eigenvalue weighted by molar-refractivity contribution is -0.122. The van der Waals surface area contributed by atoms with Gasteiger partial charge in [0, 0.05) is 19.0 Å². The largest absolute Gasteiger partial charge is 0.489 e. The zero-order valence-electron chi connectivity index (χ0n) is 18.6. The molecular formula is C24H31ClN2O4. The number of amides is 2. The van der Waals surface area contributed by atoms with Crippen molar-refractivity contribution < 1.29 is 19.4 Å². The Balaban J connectivity index is 2.13. The summed E-state index contributed by atoms with van der Waals surface area (Å²) in [5.41, 5.74) is 2.02. The molecule has 0 aliphatic carbocycles. The predicted molar refractivity (Wildman–Crippen MR) is 122 cm³/mol. The number of nitrogens with one attached hydrogen (secondary N) is 2. The summed E-state index contributed by atoms with van der Waals surface area (Å²) in [6.07, 6.45) is -0.273. The Hall–Kier alpha value is -2.57. The molecule has 0 spiro atoms. The molecule has 0 saturated heterocycles. The fraction of sp³-hybridized carbons (Fsp3) is 0.417. The van der Waals surface area contributed by atoms with E-state index in [-0.39, 0.29) is 17.9 Å². The average Bonchev–Trinajstić information content (AvgIpc) is 2.73. The van der Waals surface area contributed by atoms with Gasteiger partial charge in [-0.25, -0.2) is 0 Å². The molecule has 0 fully saturated rings. The molecule has 1 unspecified atom stereocenters. The normalized spacial score (nSPS) is 13.1. The van der Waals surface area contributed by atoms with Crippen LogP contribution < -0.4 is 15.4 Å². The molecule has 3 N–H and O–H groups in total. The van der Waals surface area contributed by atoms with Crippen LogP contribution in [0.4, 0.5) is 0 Å². The molecule has 0 saturated carbocycles. The molecule has 2 aromatic carbocycles. The zero-order chi connectivity index (χ0) is 23.1. The van der Waals surface area contributed by atoms with Crippen molar-refractivity contribution in [3.05, 3.63) is 64.2 Å². The number of carbonyl (C=O) groups excluding carboxylic acids is 2. The number of ether oxygens (including phenoxy) is 1. The van der Waals surface area contributed by atoms with Crippen molar-refractivity contribution in [1.82, 2.24) is 10.6 Å². The number of aliphatic hydroxyl groups excluding tert-OH is 1. The number of aliphatic hydroxyl groups is 1. The van der Waals surface area contributed by atoms with E-state index in [1.54, 1.807) is 12.1 Å². The van der Waals surface area contributed by atoms with E-state index in [0.717, 1.165) is 11.1 Å². The summed E-state index contributed by atoms with van der Waals surface area (Å²) in [4.78, 5) is 25.1. The van der Waals surface area contributed by atoms with E-state index in [2.05, 4.69) is 10.6 Å². The summed E-state index contributed by atoms with van der Waals surface area (Å²) in [5.74, 6) is -0.100. The van der Waals surface area contributed by atoms with Crippen molar-refractivity contribution in [3.8, 4) is 5.75 Å². The number of likely N-dealkylation sites (N-methyl/N-ethyl adjacent to an activating group) is 1. The first kappa shape index (κ1) is 24.7. The van der Waals surface area contributed by atoms with Crippen LogP contribution in [0.15, 0.2) is 42.5 Å². The summed E-state index contributed by atoms with van der Waals surface area (Å²) in [6.45, 7) is 7.68. The highest BCUT2D eigenvalue weighted by molar-refractivity contribution is 6.32. The number of hydrogen-bond acceptors (Lipinski definition) is 4. The van der Waals surface area contributed by atoms with E-state index in [1.165, 1.54) is 13.1 Å². The highest BCUT2D eigenvalue weighted by atomic mass is 35.5. The van der Waals surface area contributed by atoms with Crippen molar-refractivity contribution >= 4 is 23.4 Å². The van der Waals surface area contributed by atoms with Gasteiger partial charge in [0.2, 0.25) is 5.91 Å². The molecule has 0 radical (unpaired) electrons. The fourth-order valence-electron chi connectivity index (χ4n) is 3.09. The predicted octanol–water partition coefficient (Wildman–Crippen LogP) is 3.90. The van der Waals surface area contributed by atoms with Gasteiger partial charge in [-0.1, -0.05) is 49.7 Å². The maximum absolute atomic E-state index is 12.7. The van der Waals surface area contributed by atoms with Gasteiger partial charge in [-0.2, -0.15) is 0 Å². The Labute approximate surface area is 189 Å². The first-order chi connectivity index (χ1) is 14.6. The molecule has 2 rings (SSSR count). The van der Waals surface area contributed by atoms with Crippen LogP contribution in [0.3, 0.4) is 0 Å². The summed E-state index contributed by atoms with van der Waals surface area (Å²) in [6, 6.07) is 11.4. The van der Waals surface area contributed by atoms with Gasteiger partial charge in [-0.05, 0) is 49.1 Å². The first-order valence-corrected chi connectivity index (χ1v) is 10.8. The summed E-state index contributed by atoms with van der Waals surface area (Å²) < 4.78 is 5.59. The zero-order valence-corrected chi connectivity index (χ0v) is 19.4. The van der Waals surface area contributed by atoms with E-state index in [1.807, 2.05) is 52.0 Å². The lowest BCUT2D eigenvalue weighted by Crippen LogP contribution is -2.47. The van der Waals surface area contributed by atoms with Gasteiger partial charge in [0.1, 0.15) is 11.8 Å². The summed E-state index contributed by atoms with van der Waals surface area (Å²) >= 11 is 6.23. The minimum Gasteiger partial charge on any atom is -0.489 e. The molecule has 2 atom stereocenters. The standard InChI is InChI=1S/C24H31ClN2O4/c1-14(2)22(28)17-8-6-16(7-9-17)12-20(24(30)26-5)27-23(29)18-10-11-21(19(25)13-18)31-15(3)4/h6-11,13-15,20,22,28H,12H2,1-5H3,(H,26,30)(H,27,29)/t20-,22?/m0/s1. The van der Waals surface area contributed by atoms with Crippen molar-refractivity contribution in [1.29, 1.82) is 0 Å². The molecule has 7 heteroatoms. The lowest BCUT2D eigenvalue weighted by Gasteiger charge is -2.19. The minimum absolute atomic E-state index is 0.0390. The van der Waals surface area contributed by atoms with Crippen LogP contribution in [-0.2, 0) is 11.2 Å². The van der Waals surface area contributed by atoms with Crippen LogP contribution >= 0.6 is 11.6 Å². The van der Waals surface area contributed by atoms with Gasteiger partial charge < -0.3 is 20.5 Å². The van der Waals surface area contributed by atoms with E-state index >= 15 is 0 Å². The van der Waals surface area contributed by atoms with E-state index in [0.29, 0.717) is 22.8 Å². The Morgan fingerprint density at radius 1 is 1.06 bits per heavy atom. The Bertz CT molecular complexity index is 897. The summed E-state index contributed by atoms with van der Waals surface area (Å²) in [5, 5.41) is 15.9. The van der Waals surface area contributed by atoms with E-state index in [9.17, 15) is 14.7 Å². The molecule has 6 nitrogen and oxygen atoms in total. The van der Waals surface area contributed by atoms with E-state index in [4.69, 9.17) is 16.3 Å². The van der Waals surface area contributed by atoms with Gasteiger partial charge in [-0.3, -0.25) is 9.59 Å². The second-order valence-electron chi connectivity index (χ2n) is 8.09. The lowest BCUT2D eigenvalue weighted by atomic mass is 9.96. The second-order valence-corrected chi connectivity index (χ2v) is 8.49. The smallest absolute Gasteiger partial charge is 0.251 e. The molecule has 0 heterocycles. The van der Waals surface area contributed by atoms with Crippen LogP contribution in [0.1, 0.15) is 55.3 Å². The fourth-order valence-corrected chi connectivity index (χ4v) is 3.31. The van der Waals surface area contributed by atoms with Crippen molar-refractivity contribution in [2.75, 3.05) is 7.05 Å². The van der Waals surface area contributed by atoms with Crippen LogP contribution in [0, 0.1) is 5.92 Å². The Morgan fingerprint density at radius 2 is 1.71 bits per heavy atom. The molecule has 2 amide bonds. The van der Waals surface area contributed by atoms with Crippen LogP contribution in [0.5, 0.6) is 5.75 Å². The van der Waals surface area contributed by atoms with Gasteiger partial charge in [0.05, 0.1) is 17.2 Å². The maximum Gasteiger partial charge on any atom is 0.251 e. The number of halogens is 1. The molecule has 168 valence electrons. The molecule has 0 aliphatic heterocycles. The Kier molecular flexibility index (Phi) is 8.89. The monoisotopic (exact) mass is 446 g/mol. The van der Waals surface area contributed by atoms with Crippen LogP contribution in [-0.4, -0.2) is 36.1 Å². The average molecular weight is 447 g/mol. The molecule has 0 bridgehead atoms. The SMILES string of the molecule is CNC(=O)[C@H](Cc1ccc(C(O)C(C)C)cc1)NC(=O)c1ccc(OC(C)C)c(Cl)c1. The van der Waals surface area contributed by atoms with Gasteiger partial charge >= 0.3 is 0 Å². The number of rotatable bonds is 9. The molecular weight excluding hydrogens is 416 g/mol.